The molecule has 0 saturated carbocycles. The van der Waals surface area contributed by atoms with E-state index in [1.165, 1.54) is 10.5 Å². The molecule has 6 nitrogen and oxygen atoms in total. The summed E-state index contributed by atoms with van der Waals surface area (Å²) >= 11 is 0. The molecule has 1 aromatic rings. The Morgan fingerprint density at radius 3 is 2.66 bits per heavy atom. The van der Waals surface area contributed by atoms with Crippen LogP contribution in [0, 0.1) is 0 Å². The van der Waals surface area contributed by atoms with Crippen LogP contribution in [0.15, 0.2) is 29.3 Å². The van der Waals surface area contributed by atoms with Crippen LogP contribution in [-0.2, 0) is 17.8 Å². The molecule has 0 spiro atoms. The van der Waals surface area contributed by atoms with E-state index in [1.807, 2.05) is 0 Å². The van der Waals surface area contributed by atoms with Crippen molar-refractivity contribution in [1.82, 2.24) is 20.4 Å². The molecular formula is C20H30F3N5O. The number of hydrogen-bond donors (Lipinski definition) is 2. The number of nitrogens with zero attached hydrogens (tertiary/aromatic N) is 3. The maximum Gasteiger partial charge on any atom is 0.401 e. The van der Waals surface area contributed by atoms with Crippen LogP contribution in [-0.4, -0.2) is 81.0 Å². The smallest absolute Gasteiger partial charge is 0.379 e. The highest BCUT2D eigenvalue weighted by atomic mass is 19.4. The SMILES string of the molecule is CN=C(NCc1cccc(CN2CCOCC2)c1)NC1CCN(CC(F)(F)F)C1. The van der Waals surface area contributed by atoms with Gasteiger partial charge in [-0.2, -0.15) is 13.2 Å². The van der Waals surface area contributed by atoms with Gasteiger partial charge < -0.3 is 15.4 Å². The minimum atomic E-state index is -4.15. The number of hydrogen-bond acceptors (Lipinski definition) is 4. The summed E-state index contributed by atoms with van der Waals surface area (Å²) in [5, 5.41) is 6.51. The molecule has 0 aliphatic carbocycles. The van der Waals surface area contributed by atoms with Crippen molar-refractivity contribution in [2.24, 2.45) is 4.99 Å². The van der Waals surface area contributed by atoms with Crippen LogP contribution in [0.4, 0.5) is 13.2 Å². The molecular weight excluding hydrogens is 383 g/mol. The van der Waals surface area contributed by atoms with E-state index in [1.54, 1.807) is 7.05 Å². The second kappa shape index (κ2) is 10.3. The molecule has 1 atom stereocenters. The summed E-state index contributed by atoms with van der Waals surface area (Å²) in [5.41, 5.74) is 2.40. The summed E-state index contributed by atoms with van der Waals surface area (Å²) in [6.45, 7) is 4.93. The highest BCUT2D eigenvalue weighted by Crippen LogP contribution is 2.20. The third-order valence-electron chi connectivity index (χ3n) is 5.20. The first-order valence-electron chi connectivity index (χ1n) is 10.1. The fourth-order valence-corrected chi connectivity index (χ4v) is 3.78. The van der Waals surface area contributed by atoms with Gasteiger partial charge in [0.2, 0.25) is 0 Å². The molecule has 2 aliphatic heterocycles. The molecule has 2 fully saturated rings. The summed E-state index contributed by atoms with van der Waals surface area (Å²) < 4.78 is 43.0. The highest BCUT2D eigenvalue weighted by Gasteiger charge is 2.34. The molecule has 29 heavy (non-hydrogen) atoms. The Labute approximate surface area is 170 Å². The van der Waals surface area contributed by atoms with Crippen molar-refractivity contribution < 1.29 is 17.9 Å². The fraction of sp³-hybridized carbons (Fsp3) is 0.650. The predicted octanol–water partition coefficient (Wildman–Crippen LogP) is 1.82. The van der Waals surface area contributed by atoms with Gasteiger partial charge in [-0.3, -0.25) is 14.8 Å². The first-order valence-corrected chi connectivity index (χ1v) is 10.1. The first-order chi connectivity index (χ1) is 13.9. The van der Waals surface area contributed by atoms with Gasteiger partial charge >= 0.3 is 6.18 Å². The molecule has 0 radical (unpaired) electrons. The molecule has 162 valence electrons. The summed E-state index contributed by atoms with van der Waals surface area (Å²) in [7, 11) is 1.67. The average Bonchev–Trinajstić information content (AvgIpc) is 3.11. The number of halogens is 3. The van der Waals surface area contributed by atoms with Crippen LogP contribution in [0.2, 0.25) is 0 Å². The quantitative estimate of drug-likeness (QED) is 0.551. The Kier molecular flexibility index (Phi) is 7.74. The van der Waals surface area contributed by atoms with Gasteiger partial charge in [-0.05, 0) is 17.5 Å². The zero-order valence-corrected chi connectivity index (χ0v) is 16.8. The number of rotatable bonds is 6. The topological polar surface area (TPSA) is 52.1 Å². The standard InChI is InChI=1S/C20H30F3N5O/c1-24-19(26-18-5-6-28(14-18)15-20(21,22)23)25-12-16-3-2-4-17(11-16)13-27-7-9-29-10-8-27/h2-4,11,18H,5-10,12-15H2,1H3,(H2,24,25,26). The summed E-state index contributed by atoms with van der Waals surface area (Å²) in [4.78, 5) is 8.02. The van der Waals surface area contributed by atoms with Crippen LogP contribution in [0.5, 0.6) is 0 Å². The molecule has 2 heterocycles. The lowest BCUT2D eigenvalue weighted by atomic mass is 10.1. The number of morpholine rings is 1. The van der Waals surface area contributed by atoms with E-state index in [9.17, 15) is 13.2 Å². The predicted molar refractivity (Wildman–Crippen MR) is 107 cm³/mol. The second-order valence-electron chi connectivity index (χ2n) is 7.61. The molecule has 1 unspecified atom stereocenters. The Morgan fingerprint density at radius 2 is 1.93 bits per heavy atom. The van der Waals surface area contributed by atoms with Crippen LogP contribution in [0.1, 0.15) is 17.5 Å². The van der Waals surface area contributed by atoms with Gasteiger partial charge in [0, 0.05) is 52.4 Å². The van der Waals surface area contributed by atoms with Crippen LogP contribution >= 0.6 is 0 Å². The third kappa shape index (κ3) is 7.49. The van der Waals surface area contributed by atoms with Gasteiger partial charge in [-0.25, -0.2) is 0 Å². The van der Waals surface area contributed by atoms with Crippen molar-refractivity contribution in [1.29, 1.82) is 0 Å². The zero-order chi connectivity index (χ0) is 20.7. The van der Waals surface area contributed by atoms with Crippen molar-refractivity contribution in [3.63, 3.8) is 0 Å². The van der Waals surface area contributed by atoms with Gasteiger partial charge in [-0.1, -0.05) is 24.3 Å². The van der Waals surface area contributed by atoms with Crippen LogP contribution in [0.3, 0.4) is 0 Å². The van der Waals surface area contributed by atoms with Crippen LogP contribution in [0.25, 0.3) is 0 Å². The molecule has 2 N–H and O–H groups in total. The maximum atomic E-state index is 12.5. The summed E-state index contributed by atoms with van der Waals surface area (Å²) in [6, 6.07) is 8.38. The minimum absolute atomic E-state index is 0.0313. The monoisotopic (exact) mass is 413 g/mol. The second-order valence-corrected chi connectivity index (χ2v) is 7.61. The van der Waals surface area contributed by atoms with Gasteiger partial charge in [0.25, 0.3) is 0 Å². The lowest BCUT2D eigenvalue weighted by Gasteiger charge is -2.26. The van der Waals surface area contributed by atoms with E-state index in [4.69, 9.17) is 4.74 Å². The molecule has 2 aliphatic rings. The van der Waals surface area contributed by atoms with Crippen molar-refractivity contribution >= 4 is 5.96 Å². The fourth-order valence-electron chi connectivity index (χ4n) is 3.78. The van der Waals surface area contributed by atoms with Gasteiger partial charge in [0.1, 0.15) is 0 Å². The van der Waals surface area contributed by atoms with Crippen molar-refractivity contribution in [2.45, 2.75) is 31.7 Å². The number of likely N-dealkylation sites (tertiary alicyclic amines) is 1. The number of aliphatic imine (C=N–C) groups is 1. The Bertz CT molecular complexity index is 676. The molecule has 3 rings (SSSR count). The Morgan fingerprint density at radius 1 is 1.17 bits per heavy atom. The maximum absolute atomic E-state index is 12.5. The van der Waals surface area contributed by atoms with Crippen molar-refractivity contribution in [3.05, 3.63) is 35.4 Å². The molecule has 1 aromatic carbocycles. The molecule has 0 amide bonds. The summed E-state index contributed by atoms with van der Waals surface area (Å²) in [5.74, 6) is 0.613. The molecule has 0 aromatic heterocycles. The molecule has 0 bridgehead atoms. The number of benzene rings is 1. The Hall–Kier alpha value is -1.84. The van der Waals surface area contributed by atoms with Gasteiger partial charge in [-0.15, -0.1) is 0 Å². The van der Waals surface area contributed by atoms with Crippen LogP contribution < -0.4 is 10.6 Å². The van der Waals surface area contributed by atoms with Gasteiger partial charge in [0.15, 0.2) is 5.96 Å². The number of guanidine groups is 1. The highest BCUT2D eigenvalue weighted by molar-refractivity contribution is 5.80. The summed E-state index contributed by atoms with van der Waals surface area (Å²) in [6.07, 6.45) is -3.48. The molecule has 9 heteroatoms. The van der Waals surface area contributed by atoms with E-state index < -0.39 is 12.7 Å². The van der Waals surface area contributed by atoms with E-state index in [0.717, 1.165) is 38.4 Å². The van der Waals surface area contributed by atoms with E-state index >= 15 is 0 Å². The minimum Gasteiger partial charge on any atom is -0.379 e. The number of nitrogens with one attached hydrogen (secondary N) is 2. The lowest BCUT2D eigenvalue weighted by molar-refractivity contribution is -0.143. The van der Waals surface area contributed by atoms with Crippen molar-refractivity contribution in [2.75, 3.05) is 53.0 Å². The normalized spacial score (nSPS) is 22.1. The van der Waals surface area contributed by atoms with Crippen molar-refractivity contribution in [3.8, 4) is 0 Å². The van der Waals surface area contributed by atoms with E-state index in [-0.39, 0.29) is 6.04 Å². The zero-order valence-electron chi connectivity index (χ0n) is 16.8. The molecule has 2 saturated heterocycles. The van der Waals surface area contributed by atoms with E-state index in [0.29, 0.717) is 32.0 Å². The largest absolute Gasteiger partial charge is 0.401 e. The van der Waals surface area contributed by atoms with E-state index in [2.05, 4.69) is 44.8 Å². The number of alkyl halides is 3. The lowest BCUT2D eigenvalue weighted by Crippen LogP contribution is -2.44. The van der Waals surface area contributed by atoms with Gasteiger partial charge in [0.05, 0.1) is 19.8 Å². The third-order valence-corrected chi connectivity index (χ3v) is 5.20. The first kappa shape index (κ1) is 21.9. The number of ether oxygens (including phenoxy) is 1. The average molecular weight is 413 g/mol. The Balaban J connectivity index is 1.45.